The second kappa shape index (κ2) is 5.34. The maximum Gasteiger partial charge on any atom is 0.371 e. The van der Waals surface area contributed by atoms with Crippen molar-refractivity contribution in [2.75, 3.05) is 0 Å². The van der Waals surface area contributed by atoms with Crippen LogP contribution in [-0.4, -0.2) is 11.1 Å². The Morgan fingerprint density at radius 3 is 2.73 bits per heavy atom. The first-order valence-electron chi connectivity index (χ1n) is 5.00. The van der Waals surface area contributed by atoms with Crippen LogP contribution in [0.4, 0.5) is 0 Å². The number of hydrogen-bond acceptors (Lipinski definition) is 3. The fourth-order valence-electron chi connectivity index (χ4n) is 1.30. The summed E-state index contributed by atoms with van der Waals surface area (Å²) in [6.45, 7) is 2.08. The van der Waals surface area contributed by atoms with Crippen molar-refractivity contribution in [3.05, 3.63) is 33.9 Å². The van der Waals surface area contributed by atoms with Gasteiger partial charge in [0.1, 0.15) is 0 Å². The van der Waals surface area contributed by atoms with Crippen LogP contribution in [0.25, 0.3) is 0 Å². The van der Waals surface area contributed by atoms with Crippen LogP contribution in [-0.2, 0) is 6.42 Å². The van der Waals surface area contributed by atoms with Crippen molar-refractivity contribution in [3.63, 3.8) is 0 Å². The molecule has 1 aromatic heterocycles. The number of carboxylic acids is 1. The van der Waals surface area contributed by atoms with E-state index in [1.165, 1.54) is 6.26 Å². The minimum absolute atomic E-state index is 0.255. The first-order chi connectivity index (χ1) is 7.15. The molecule has 0 bridgehead atoms. The third kappa shape index (κ3) is 3.23. The molecule has 1 aromatic rings. The molecule has 4 nitrogen and oxygen atoms in total. The lowest BCUT2D eigenvalue weighted by molar-refractivity contribution is 0.0659. The summed E-state index contributed by atoms with van der Waals surface area (Å²) in [5.74, 6) is -1.52. The van der Waals surface area contributed by atoms with E-state index in [1.54, 1.807) is 0 Å². The molecule has 0 fully saturated rings. The highest BCUT2D eigenvalue weighted by atomic mass is 16.4. The number of aromatic carboxylic acids is 1. The number of unbranched alkanes of at least 4 members (excludes halogenated alkanes) is 2. The molecule has 0 saturated carbocycles. The molecule has 0 atom stereocenters. The molecule has 1 rings (SSSR count). The molecule has 0 radical (unpaired) electrons. The van der Waals surface area contributed by atoms with Crippen molar-refractivity contribution in [1.82, 2.24) is 0 Å². The number of carboxylic acid groups (broad SMARTS) is 1. The SMILES string of the molecule is CCCCCc1coc(C(=O)O)cc1=O. The zero-order chi connectivity index (χ0) is 11.3. The lowest BCUT2D eigenvalue weighted by atomic mass is 10.1. The zero-order valence-corrected chi connectivity index (χ0v) is 8.66. The molecular weight excluding hydrogens is 196 g/mol. The summed E-state index contributed by atoms with van der Waals surface area (Å²) in [6, 6.07) is 1.03. The van der Waals surface area contributed by atoms with E-state index < -0.39 is 5.97 Å². The van der Waals surface area contributed by atoms with Gasteiger partial charge in [0.2, 0.25) is 5.76 Å². The first kappa shape index (κ1) is 11.5. The monoisotopic (exact) mass is 210 g/mol. The van der Waals surface area contributed by atoms with Crippen molar-refractivity contribution in [3.8, 4) is 0 Å². The third-order valence-corrected chi connectivity index (χ3v) is 2.17. The highest BCUT2D eigenvalue weighted by molar-refractivity contribution is 5.84. The molecule has 0 spiro atoms. The summed E-state index contributed by atoms with van der Waals surface area (Å²) >= 11 is 0. The van der Waals surface area contributed by atoms with E-state index in [4.69, 9.17) is 9.52 Å². The van der Waals surface area contributed by atoms with Gasteiger partial charge in [0, 0.05) is 11.6 Å². The third-order valence-electron chi connectivity index (χ3n) is 2.17. The highest BCUT2D eigenvalue weighted by Crippen LogP contribution is 2.04. The van der Waals surface area contributed by atoms with Crippen molar-refractivity contribution in [2.24, 2.45) is 0 Å². The molecule has 0 unspecified atom stereocenters. The topological polar surface area (TPSA) is 67.5 Å². The Labute approximate surface area is 87.5 Å². The largest absolute Gasteiger partial charge is 0.475 e. The molecule has 0 aliphatic carbocycles. The molecular formula is C11H14O4. The lowest BCUT2D eigenvalue weighted by Gasteiger charge is -1.99. The molecule has 82 valence electrons. The van der Waals surface area contributed by atoms with Gasteiger partial charge in [-0.25, -0.2) is 4.79 Å². The normalized spacial score (nSPS) is 10.2. The van der Waals surface area contributed by atoms with E-state index >= 15 is 0 Å². The Morgan fingerprint density at radius 2 is 2.20 bits per heavy atom. The van der Waals surface area contributed by atoms with E-state index in [9.17, 15) is 9.59 Å². The van der Waals surface area contributed by atoms with Gasteiger partial charge in [-0.3, -0.25) is 4.79 Å². The van der Waals surface area contributed by atoms with Crippen LogP contribution in [0.15, 0.2) is 21.5 Å². The summed E-state index contributed by atoms with van der Waals surface area (Å²) < 4.78 is 4.83. The van der Waals surface area contributed by atoms with E-state index in [2.05, 4.69) is 6.92 Å². The van der Waals surface area contributed by atoms with Gasteiger partial charge >= 0.3 is 5.97 Å². The van der Waals surface area contributed by atoms with Gasteiger partial charge < -0.3 is 9.52 Å². The minimum Gasteiger partial charge on any atom is -0.475 e. The second-order valence-electron chi connectivity index (χ2n) is 3.40. The maximum absolute atomic E-state index is 11.4. The van der Waals surface area contributed by atoms with E-state index in [-0.39, 0.29) is 11.2 Å². The van der Waals surface area contributed by atoms with Crippen molar-refractivity contribution in [1.29, 1.82) is 0 Å². The Bertz CT molecular complexity index is 392. The smallest absolute Gasteiger partial charge is 0.371 e. The predicted molar refractivity (Wildman–Crippen MR) is 55.2 cm³/mol. The first-order valence-corrected chi connectivity index (χ1v) is 5.00. The molecule has 1 N–H and O–H groups in total. The Hall–Kier alpha value is -1.58. The van der Waals surface area contributed by atoms with Crippen LogP contribution in [0, 0.1) is 0 Å². The maximum atomic E-state index is 11.4. The molecule has 0 aromatic carbocycles. The van der Waals surface area contributed by atoms with Crippen molar-refractivity contribution >= 4 is 5.97 Å². The fraction of sp³-hybridized carbons (Fsp3) is 0.455. The lowest BCUT2D eigenvalue weighted by Crippen LogP contribution is -2.10. The Kier molecular flexibility index (Phi) is 4.09. The summed E-state index contributed by atoms with van der Waals surface area (Å²) in [5.41, 5.74) is 0.295. The van der Waals surface area contributed by atoms with Crippen LogP contribution in [0.5, 0.6) is 0 Å². The van der Waals surface area contributed by atoms with E-state index in [0.717, 1.165) is 25.3 Å². The number of carbonyl (C=O) groups is 1. The zero-order valence-electron chi connectivity index (χ0n) is 8.66. The Morgan fingerprint density at radius 1 is 1.47 bits per heavy atom. The van der Waals surface area contributed by atoms with Gasteiger partial charge in [0.05, 0.1) is 6.26 Å². The predicted octanol–water partition coefficient (Wildman–Crippen LogP) is 2.07. The quantitative estimate of drug-likeness (QED) is 0.755. The molecule has 15 heavy (non-hydrogen) atoms. The van der Waals surface area contributed by atoms with Crippen LogP contribution in [0.2, 0.25) is 0 Å². The molecule has 0 amide bonds. The van der Waals surface area contributed by atoms with Crippen LogP contribution in [0.1, 0.15) is 42.3 Å². The molecule has 1 heterocycles. The average molecular weight is 210 g/mol. The van der Waals surface area contributed by atoms with Crippen LogP contribution < -0.4 is 5.43 Å². The van der Waals surface area contributed by atoms with E-state index in [1.807, 2.05) is 0 Å². The fourth-order valence-corrected chi connectivity index (χ4v) is 1.30. The summed E-state index contributed by atoms with van der Waals surface area (Å²) in [6.07, 6.45) is 4.96. The number of aryl methyl sites for hydroxylation is 1. The van der Waals surface area contributed by atoms with Crippen LogP contribution >= 0.6 is 0 Å². The standard InChI is InChI=1S/C11H14O4/c1-2-3-4-5-8-7-15-10(11(13)14)6-9(8)12/h6-7H,2-5H2,1H3,(H,13,14). The van der Waals surface area contributed by atoms with Gasteiger partial charge in [-0.2, -0.15) is 0 Å². The van der Waals surface area contributed by atoms with E-state index in [0.29, 0.717) is 12.0 Å². The van der Waals surface area contributed by atoms with Gasteiger partial charge in [0.25, 0.3) is 0 Å². The minimum atomic E-state index is -1.22. The second-order valence-corrected chi connectivity index (χ2v) is 3.40. The summed E-state index contributed by atoms with van der Waals surface area (Å²) in [4.78, 5) is 21.9. The van der Waals surface area contributed by atoms with Crippen molar-refractivity contribution in [2.45, 2.75) is 32.6 Å². The highest BCUT2D eigenvalue weighted by Gasteiger charge is 2.08. The number of rotatable bonds is 5. The van der Waals surface area contributed by atoms with Gasteiger partial charge in [-0.1, -0.05) is 19.8 Å². The molecule has 0 aliphatic rings. The van der Waals surface area contributed by atoms with Crippen molar-refractivity contribution < 1.29 is 14.3 Å². The van der Waals surface area contributed by atoms with Gasteiger partial charge in [-0.05, 0) is 12.8 Å². The summed E-state index contributed by atoms with van der Waals surface area (Å²) in [7, 11) is 0. The van der Waals surface area contributed by atoms with Gasteiger partial charge in [0.15, 0.2) is 5.43 Å². The molecule has 0 saturated heterocycles. The Balaban J connectivity index is 2.75. The number of hydrogen-bond donors (Lipinski definition) is 1. The summed E-state index contributed by atoms with van der Waals surface area (Å²) in [5, 5.41) is 8.58. The van der Waals surface area contributed by atoms with Crippen LogP contribution in [0.3, 0.4) is 0 Å². The van der Waals surface area contributed by atoms with Gasteiger partial charge in [-0.15, -0.1) is 0 Å². The molecule has 0 aliphatic heterocycles. The molecule has 4 heteroatoms. The average Bonchev–Trinajstić information content (AvgIpc) is 2.20.